The Morgan fingerprint density at radius 1 is 1.77 bits per heavy atom. The van der Waals surface area contributed by atoms with Crippen molar-refractivity contribution in [2.24, 2.45) is 0 Å². The van der Waals surface area contributed by atoms with Gasteiger partial charge in [-0.3, -0.25) is 0 Å². The molecule has 0 saturated heterocycles. The van der Waals surface area contributed by atoms with Crippen LogP contribution in [0.4, 0.5) is 0 Å². The number of hydrogen-bond donors (Lipinski definition) is 1. The molecule has 0 aromatic carbocycles. The zero-order chi connectivity index (χ0) is 9.68. The van der Waals surface area contributed by atoms with Crippen LogP contribution < -0.4 is 0 Å². The molecule has 1 N–H and O–H groups in total. The van der Waals surface area contributed by atoms with E-state index in [-0.39, 0.29) is 12.1 Å². The number of hydrogen-bond acceptors (Lipinski definition) is 4. The first kappa shape index (κ1) is 9.24. The molecule has 64 valence electrons. The molecule has 0 radical (unpaired) electrons. The third-order valence-corrected chi connectivity index (χ3v) is 1.88. The highest BCUT2D eigenvalue weighted by Crippen LogP contribution is 2.11. The van der Waals surface area contributed by atoms with E-state index in [1.165, 1.54) is 5.51 Å². The molecule has 0 aliphatic heterocycles. The molecule has 0 spiro atoms. The van der Waals surface area contributed by atoms with Crippen LogP contribution in [0.3, 0.4) is 0 Å². The summed E-state index contributed by atoms with van der Waals surface area (Å²) in [4.78, 5) is 14.5. The Labute approximate surface area is 78.5 Å². The van der Waals surface area contributed by atoms with Crippen LogP contribution in [0, 0.1) is 23.2 Å². The third kappa shape index (κ3) is 2.29. The topological polar surface area (TPSA) is 74.0 Å². The van der Waals surface area contributed by atoms with Crippen molar-refractivity contribution in [1.82, 2.24) is 4.98 Å². The molecule has 0 unspecified atom stereocenters. The van der Waals surface area contributed by atoms with Crippen molar-refractivity contribution in [2.75, 3.05) is 0 Å². The summed E-state index contributed by atoms with van der Waals surface area (Å²) in [5, 5.41) is 16.8. The maximum Gasteiger partial charge on any atom is 0.356 e. The third-order valence-electron chi connectivity index (χ3n) is 1.14. The molecule has 13 heavy (non-hydrogen) atoms. The first-order valence-corrected chi connectivity index (χ1v) is 4.16. The van der Waals surface area contributed by atoms with Crippen LogP contribution in [0.5, 0.6) is 0 Å². The number of nitriles is 1. The molecule has 0 fully saturated rings. The van der Waals surface area contributed by atoms with Crippen molar-refractivity contribution < 1.29 is 9.90 Å². The van der Waals surface area contributed by atoms with Gasteiger partial charge in [0.2, 0.25) is 0 Å². The van der Waals surface area contributed by atoms with Crippen LogP contribution in [-0.2, 0) is 0 Å². The molecule has 1 aromatic rings. The first-order chi connectivity index (χ1) is 6.25. The molecule has 0 saturated carbocycles. The highest BCUT2D eigenvalue weighted by molar-refractivity contribution is 7.10. The molecular formula is C8H4N2O2S. The van der Waals surface area contributed by atoms with Gasteiger partial charge >= 0.3 is 5.97 Å². The van der Waals surface area contributed by atoms with Crippen molar-refractivity contribution in [2.45, 2.75) is 6.42 Å². The average molecular weight is 192 g/mol. The number of carbonyl (C=O) groups is 1. The van der Waals surface area contributed by atoms with E-state index >= 15 is 0 Å². The summed E-state index contributed by atoms with van der Waals surface area (Å²) in [6.45, 7) is 0. The van der Waals surface area contributed by atoms with Crippen molar-refractivity contribution in [1.29, 1.82) is 5.26 Å². The Kier molecular flexibility index (Phi) is 3.02. The highest BCUT2D eigenvalue weighted by Gasteiger charge is 2.10. The van der Waals surface area contributed by atoms with Gasteiger partial charge in [0.1, 0.15) is 4.88 Å². The summed E-state index contributed by atoms with van der Waals surface area (Å²) in [6.07, 6.45) is 0.0942. The van der Waals surface area contributed by atoms with Gasteiger partial charge in [0, 0.05) is 0 Å². The van der Waals surface area contributed by atoms with Crippen LogP contribution >= 0.6 is 11.3 Å². The Morgan fingerprint density at radius 2 is 2.54 bits per heavy atom. The fraction of sp³-hybridized carbons (Fsp3) is 0.125. The van der Waals surface area contributed by atoms with Crippen molar-refractivity contribution in [3.05, 3.63) is 16.1 Å². The number of aromatic carboxylic acids is 1. The molecule has 0 atom stereocenters. The van der Waals surface area contributed by atoms with Crippen molar-refractivity contribution >= 4 is 17.3 Å². The van der Waals surface area contributed by atoms with E-state index in [9.17, 15) is 4.79 Å². The second-order valence-electron chi connectivity index (χ2n) is 1.97. The van der Waals surface area contributed by atoms with E-state index < -0.39 is 5.97 Å². The number of carboxylic acids is 1. The zero-order valence-electron chi connectivity index (χ0n) is 6.44. The minimum Gasteiger partial charge on any atom is -0.476 e. The SMILES string of the molecule is N#CCC#Cc1scnc1C(=O)O. The lowest BCUT2D eigenvalue weighted by Gasteiger charge is -1.85. The van der Waals surface area contributed by atoms with Gasteiger partial charge in [-0.2, -0.15) is 5.26 Å². The maximum absolute atomic E-state index is 10.5. The monoisotopic (exact) mass is 192 g/mol. The normalized spacial score (nSPS) is 8.23. The molecule has 4 nitrogen and oxygen atoms in total. The molecule has 0 bridgehead atoms. The second-order valence-corrected chi connectivity index (χ2v) is 2.83. The minimum absolute atomic E-state index is 0.0459. The van der Waals surface area contributed by atoms with Gasteiger partial charge in [0.25, 0.3) is 0 Å². The minimum atomic E-state index is -1.09. The van der Waals surface area contributed by atoms with Gasteiger partial charge in [0.15, 0.2) is 5.69 Å². The van der Waals surface area contributed by atoms with Crippen LogP contribution in [0.2, 0.25) is 0 Å². The first-order valence-electron chi connectivity index (χ1n) is 3.28. The zero-order valence-corrected chi connectivity index (χ0v) is 7.26. The number of rotatable bonds is 1. The van der Waals surface area contributed by atoms with E-state index in [4.69, 9.17) is 10.4 Å². The van der Waals surface area contributed by atoms with Gasteiger partial charge in [0.05, 0.1) is 18.0 Å². The van der Waals surface area contributed by atoms with Gasteiger partial charge in [-0.05, 0) is 0 Å². The highest BCUT2D eigenvalue weighted by atomic mass is 32.1. The largest absolute Gasteiger partial charge is 0.476 e. The van der Waals surface area contributed by atoms with Gasteiger partial charge in [-0.1, -0.05) is 11.8 Å². The quantitative estimate of drug-likeness (QED) is 0.676. The van der Waals surface area contributed by atoms with E-state index in [0.717, 1.165) is 11.3 Å². The lowest BCUT2D eigenvalue weighted by atomic mass is 10.3. The molecule has 1 heterocycles. The van der Waals surface area contributed by atoms with Gasteiger partial charge < -0.3 is 5.11 Å². The number of aromatic nitrogens is 1. The lowest BCUT2D eigenvalue weighted by molar-refractivity contribution is 0.0691. The molecule has 1 aromatic heterocycles. The fourth-order valence-corrected chi connectivity index (χ4v) is 1.30. The standard InChI is InChI=1S/C8H4N2O2S/c9-4-2-1-3-6-7(8(11)12)10-5-13-6/h5H,2H2,(H,11,12). The Hall–Kier alpha value is -1.85. The van der Waals surface area contributed by atoms with Crippen LogP contribution in [0.1, 0.15) is 21.8 Å². The van der Waals surface area contributed by atoms with Gasteiger partial charge in [-0.15, -0.1) is 11.3 Å². The average Bonchev–Trinajstić information content (AvgIpc) is 2.53. The second kappa shape index (κ2) is 4.24. The summed E-state index contributed by atoms with van der Waals surface area (Å²) in [5.74, 6) is 4.01. The fourth-order valence-electron chi connectivity index (χ4n) is 0.651. The summed E-state index contributed by atoms with van der Waals surface area (Å²) >= 11 is 1.15. The Morgan fingerprint density at radius 3 is 3.15 bits per heavy atom. The van der Waals surface area contributed by atoms with E-state index in [2.05, 4.69) is 16.8 Å². The van der Waals surface area contributed by atoms with Gasteiger partial charge in [-0.25, -0.2) is 9.78 Å². The smallest absolute Gasteiger partial charge is 0.356 e. The molecule has 1 rings (SSSR count). The van der Waals surface area contributed by atoms with E-state index in [0.29, 0.717) is 4.88 Å². The molecular weight excluding hydrogens is 188 g/mol. The predicted molar refractivity (Wildman–Crippen MR) is 46.2 cm³/mol. The number of carboxylic acid groups (broad SMARTS) is 1. The lowest BCUT2D eigenvalue weighted by Crippen LogP contribution is -1.98. The van der Waals surface area contributed by atoms with Crippen molar-refractivity contribution in [3.8, 4) is 17.9 Å². The van der Waals surface area contributed by atoms with Crippen LogP contribution in [-0.4, -0.2) is 16.1 Å². The summed E-state index contributed by atoms with van der Waals surface area (Å²) < 4.78 is 0. The Balaban J connectivity index is 2.92. The number of thiazole rings is 1. The maximum atomic E-state index is 10.5. The van der Waals surface area contributed by atoms with Crippen LogP contribution in [0.25, 0.3) is 0 Å². The Bertz CT molecular complexity index is 419. The molecule has 0 amide bonds. The molecule has 0 aliphatic rings. The van der Waals surface area contributed by atoms with E-state index in [1.54, 1.807) is 0 Å². The van der Waals surface area contributed by atoms with E-state index in [1.807, 2.05) is 6.07 Å². The number of nitrogens with zero attached hydrogens (tertiary/aromatic N) is 2. The molecule has 5 heteroatoms. The summed E-state index contributed by atoms with van der Waals surface area (Å²) in [7, 11) is 0. The summed E-state index contributed by atoms with van der Waals surface area (Å²) in [6, 6.07) is 1.84. The van der Waals surface area contributed by atoms with Crippen molar-refractivity contribution in [3.63, 3.8) is 0 Å². The predicted octanol–water partition coefficient (Wildman–Crippen LogP) is 1.11. The summed E-state index contributed by atoms with van der Waals surface area (Å²) in [5.41, 5.74) is 1.37. The van der Waals surface area contributed by atoms with Crippen LogP contribution in [0.15, 0.2) is 5.51 Å². The molecule has 0 aliphatic carbocycles.